The monoisotopic (exact) mass is 323 g/mol. The molecule has 1 aliphatic rings. The summed E-state index contributed by atoms with van der Waals surface area (Å²) in [6.45, 7) is 6.88. The van der Waals surface area contributed by atoms with Crippen LogP contribution in [0.3, 0.4) is 0 Å². The summed E-state index contributed by atoms with van der Waals surface area (Å²) < 4.78 is 29.6. The first-order valence-electron chi connectivity index (χ1n) is 7.15. The summed E-state index contributed by atoms with van der Waals surface area (Å²) in [5.41, 5.74) is 1.10. The van der Waals surface area contributed by atoms with Gasteiger partial charge in [-0.1, -0.05) is 6.08 Å². The third-order valence-electron chi connectivity index (χ3n) is 3.70. The molecule has 1 atom stereocenters. The first kappa shape index (κ1) is 16.7. The Balaban J connectivity index is 2.34. The molecule has 0 saturated carbocycles. The van der Waals surface area contributed by atoms with Gasteiger partial charge in [0.15, 0.2) is 15.6 Å². The van der Waals surface area contributed by atoms with Crippen molar-refractivity contribution in [3.63, 3.8) is 0 Å². The van der Waals surface area contributed by atoms with Crippen molar-refractivity contribution < 1.29 is 17.9 Å². The minimum absolute atomic E-state index is 0.0476. The summed E-state index contributed by atoms with van der Waals surface area (Å²) in [4.78, 5) is 13.8. The molecule has 1 aromatic carbocycles. The molecule has 1 saturated heterocycles. The Morgan fingerprint density at radius 3 is 2.82 bits per heavy atom. The van der Waals surface area contributed by atoms with E-state index in [-0.39, 0.29) is 16.8 Å². The van der Waals surface area contributed by atoms with E-state index in [0.29, 0.717) is 30.9 Å². The second kappa shape index (κ2) is 6.62. The zero-order valence-corrected chi connectivity index (χ0v) is 13.7. The highest BCUT2D eigenvalue weighted by molar-refractivity contribution is 7.90. The van der Waals surface area contributed by atoms with E-state index in [0.717, 1.165) is 6.42 Å². The van der Waals surface area contributed by atoms with E-state index in [1.165, 1.54) is 19.2 Å². The van der Waals surface area contributed by atoms with Gasteiger partial charge in [-0.15, -0.1) is 6.58 Å². The molecule has 1 heterocycles. The Morgan fingerprint density at radius 1 is 1.50 bits per heavy atom. The molecule has 0 aromatic heterocycles. The van der Waals surface area contributed by atoms with Gasteiger partial charge in [-0.3, -0.25) is 4.79 Å². The fraction of sp³-hybridized carbons (Fsp3) is 0.438. The largest absolute Gasteiger partial charge is 0.372 e. The van der Waals surface area contributed by atoms with Crippen molar-refractivity contribution in [3.8, 4) is 0 Å². The molecule has 1 aromatic rings. The lowest BCUT2D eigenvalue weighted by Gasteiger charge is -2.22. The second-order valence-electron chi connectivity index (χ2n) is 5.49. The van der Waals surface area contributed by atoms with Crippen molar-refractivity contribution in [1.29, 1.82) is 0 Å². The Bertz CT molecular complexity index is 681. The summed E-state index contributed by atoms with van der Waals surface area (Å²) >= 11 is 0. The smallest absolute Gasteiger partial charge is 0.177 e. The van der Waals surface area contributed by atoms with Crippen LogP contribution in [0.25, 0.3) is 0 Å². The topological polar surface area (TPSA) is 63.7 Å². The molecule has 1 fully saturated rings. The Kier molecular flexibility index (Phi) is 5.03. The molecule has 22 heavy (non-hydrogen) atoms. The average Bonchev–Trinajstić information content (AvgIpc) is 2.92. The summed E-state index contributed by atoms with van der Waals surface area (Å²) in [6.07, 6.45) is 3.75. The van der Waals surface area contributed by atoms with Gasteiger partial charge in [-0.2, -0.15) is 0 Å². The first-order valence-corrected chi connectivity index (χ1v) is 9.04. The number of carbonyl (C=O) groups excluding carboxylic acids is 1. The maximum atomic E-state index is 12.0. The van der Waals surface area contributed by atoms with E-state index in [1.807, 2.05) is 4.90 Å². The van der Waals surface area contributed by atoms with Crippen LogP contribution < -0.4 is 4.90 Å². The molecule has 0 aliphatic carbocycles. The normalized spacial score (nSPS) is 18.5. The molecular formula is C16H21NO4S. The molecular weight excluding hydrogens is 302 g/mol. The number of ether oxygens (including phenoxy) is 1. The van der Waals surface area contributed by atoms with Crippen LogP contribution >= 0.6 is 0 Å². The number of anilines is 1. The molecule has 2 rings (SSSR count). The van der Waals surface area contributed by atoms with Gasteiger partial charge in [-0.05, 0) is 31.5 Å². The number of nitrogens with zero attached hydrogens (tertiary/aromatic N) is 1. The standard InChI is InChI=1S/C16H21NO4S/c1-4-9-21-14-7-8-17(11-14)15-10-13(12(2)18)5-6-16(15)22(3,19)20/h4-6,10,14H,1,7-9,11H2,2-3H3. The second-order valence-corrected chi connectivity index (χ2v) is 7.47. The number of hydrogen-bond donors (Lipinski definition) is 0. The van der Waals surface area contributed by atoms with Gasteiger partial charge in [0.05, 0.1) is 23.3 Å². The van der Waals surface area contributed by atoms with Crippen LogP contribution in [0, 0.1) is 0 Å². The van der Waals surface area contributed by atoms with Gasteiger partial charge in [-0.25, -0.2) is 8.42 Å². The van der Waals surface area contributed by atoms with E-state index in [2.05, 4.69) is 6.58 Å². The van der Waals surface area contributed by atoms with Crippen molar-refractivity contribution in [3.05, 3.63) is 36.4 Å². The van der Waals surface area contributed by atoms with Crippen LogP contribution in [0.1, 0.15) is 23.7 Å². The Morgan fingerprint density at radius 2 is 2.23 bits per heavy atom. The molecule has 5 nitrogen and oxygen atoms in total. The van der Waals surface area contributed by atoms with Gasteiger partial charge < -0.3 is 9.64 Å². The third kappa shape index (κ3) is 3.75. The lowest BCUT2D eigenvalue weighted by molar-refractivity contribution is 0.0909. The van der Waals surface area contributed by atoms with Gasteiger partial charge in [0.1, 0.15) is 0 Å². The fourth-order valence-corrected chi connectivity index (χ4v) is 3.47. The minimum Gasteiger partial charge on any atom is -0.372 e. The molecule has 1 unspecified atom stereocenters. The first-order chi connectivity index (χ1) is 10.3. The highest BCUT2D eigenvalue weighted by atomic mass is 32.2. The Hall–Kier alpha value is -1.66. The van der Waals surface area contributed by atoms with Gasteiger partial charge in [0.25, 0.3) is 0 Å². The molecule has 0 amide bonds. The van der Waals surface area contributed by atoms with Crippen LogP contribution in [0.5, 0.6) is 0 Å². The lowest BCUT2D eigenvalue weighted by Crippen LogP contribution is -2.25. The van der Waals surface area contributed by atoms with E-state index >= 15 is 0 Å². The lowest BCUT2D eigenvalue weighted by atomic mass is 10.1. The van der Waals surface area contributed by atoms with E-state index in [9.17, 15) is 13.2 Å². The predicted octanol–water partition coefficient (Wildman–Crippen LogP) is 2.07. The van der Waals surface area contributed by atoms with Crippen molar-refractivity contribution in [2.24, 2.45) is 0 Å². The van der Waals surface area contributed by atoms with Crippen molar-refractivity contribution in [1.82, 2.24) is 0 Å². The number of sulfone groups is 1. The molecule has 1 aliphatic heterocycles. The number of Topliss-reactive ketones (excluding diaryl/α,β-unsaturated/α-hetero) is 1. The SMILES string of the molecule is C=CCOC1CCN(c2cc(C(C)=O)ccc2S(C)(=O)=O)C1. The molecule has 6 heteroatoms. The zero-order chi connectivity index (χ0) is 16.3. The number of ketones is 1. The maximum Gasteiger partial charge on any atom is 0.177 e. The summed E-state index contributed by atoms with van der Waals surface area (Å²) in [7, 11) is -3.36. The van der Waals surface area contributed by atoms with Gasteiger partial charge in [0.2, 0.25) is 0 Å². The quantitative estimate of drug-likeness (QED) is 0.592. The van der Waals surface area contributed by atoms with Crippen LogP contribution in [0.2, 0.25) is 0 Å². The van der Waals surface area contributed by atoms with Crippen LogP contribution in [0.4, 0.5) is 5.69 Å². The third-order valence-corrected chi connectivity index (χ3v) is 4.84. The van der Waals surface area contributed by atoms with Gasteiger partial charge in [0, 0.05) is 24.9 Å². The number of carbonyl (C=O) groups is 1. The number of rotatable bonds is 6. The van der Waals surface area contributed by atoms with Crippen molar-refractivity contribution in [2.75, 3.05) is 30.9 Å². The minimum atomic E-state index is -3.36. The van der Waals surface area contributed by atoms with Crippen molar-refractivity contribution >= 4 is 21.3 Å². The average molecular weight is 323 g/mol. The summed E-state index contributed by atoms with van der Waals surface area (Å²) in [5, 5.41) is 0. The Labute approximate surface area is 131 Å². The zero-order valence-electron chi connectivity index (χ0n) is 12.9. The van der Waals surface area contributed by atoms with Crippen LogP contribution in [-0.4, -0.2) is 46.3 Å². The molecule has 0 N–H and O–H groups in total. The number of benzene rings is 1. The highest BCUT2D eigenvalue weighted by Crippen LogP contribution is 2.30. The maximum absolute atomic E-state index is 12.0. The molecule has 120 valence electrons. The van der Waals surface area contributed by atoms with Crippen LogP contribution in [0.15, 0.2) is 35.7 Å². The van der Waals surface area contributed by atoms with E-state index in [4.69, 9.17) is 4.74 Å². The van der Waals surface area contributed by atoms with Gasteiger partial charge >= 0.3 is 0 Å². The molecule has 0 bridgehead atoms. The predicted molar refractivity (Wildman–Crippen MR) is 86.3 cm³/mol. The fourth-order valence-electron chi connectivity index (χ4n) is 2.58. The molecule has 0 radical (unpaired) electrons. The highest BCUT2D eigenvalue weighted by Gasteiger charge is 2.27. The van der Waals surface area contributed by atoms with E-state index in [1.54, 1.807) is 18.2 Å². The summed E-state index contributed by atoms with van der Waals surface area (Å²) in [5.74, 6) is -0.0834. The molecule has 0 spiro atoms. The van der Waals surface area contributed by atoms with E-state index < -0.39 is 9.84 Å². The van der Waals surface area contributed by atoms with Crippen LogP contribution in [-0.2, 0) is 14.6 Å². The summed E-state index contributed by atoms with van der Waals surface area (Å²) in [6, 6.07) is 4.73. The number of hydrogen-bond acceptors (Lipinski definition) is 5. The van der Waals surface area contributed by atoms with Crippen molar-refractivity contribution in [2.45, 2.75) is 24.3 Å².